The zero-order valence-corrected chi connectivity index (χ0v) is 17.4. The van der Waals surface area contributed by atoms with E-state index in [2.05, 4.69) is 15.4 Å². The van der Waals surface area contributed by atoms with E-state index in [9.17, 15) is 9.59 Å². The molecule has 3 rings (SSSR count). The number of amides is 1. The van der Waals surface area contributed by atoms with Gasteiger partial charge in [0, 0.05) is 31.7 Å². The van der Waals surface area contributed by atoms with Crippen molar-refractivity contribution in [1.29, 1.82) is 0 Å². The molecule has 0 aliphatic rings. The molecular weight excluding hydrogens is 384 g/mol. The van der Waals surface area contributed by atoms with E-state index in [0.717, 1.165) is 11.3 Å². The Labute approximate surface area is 175 Å². The van der Waals surface area contributed by atoms with Crippen LogP contribution in [0.15, 0.2) is 42.7 Å². The molecule has 0 aliphatic carbocycles. The molecule has 0 fully saturated rings. The molecule has 3 aromatic rings. The molecule has 2 N–H and O–H groups in total. The van der Waals surface area contributed by atoms with Crippen molar-refractivity contribution < 1.29 is 19.1 Å². The molecule has 158 valence electrons. The number of benzene rings is 1. The van der Waals surface area contributed by atoms with E-state index in [-0.39, 0.29) is 12.5 Å². The number of aryl methyl sites for hydroxylation is 1. The molecule has 2 aromatic heterocycles. The van der Waals surface area contributed by atoms with Gasteiger partial charge in [0.05, 0.1) is 17.9 Å². The van der Waals surface area contributed by atoms with Crippen molar-refractivity contribution in [2.45, 2.75) is 20.3 Å². The Bertz CT molecular complexity index is 991. The zero-order chi connectivity index (χ0) is 21.5. The first-order valence-electron chi connectivity index (χ1n) is 9.73. The van der Waals surface area contributed by atoms with Gasteiger partial charge in [0.2, 0.25) is 0 Å². The lowest BCUT2D eigenvalue weighted by molar-refractivity contribution is 0.0387. The van der Waals surface area contributed by atoms with E-state index in [1.807, 2.05) is 36.5 Å². The Hall–Kier alpha value is -3.39. The fourth-order valence-corrected chi connectivity index (χ4v) is 3.22. The Morgan fingerprint density at radius 2 is 1.93 bits per heavy atom. The van der Waals surface area contributed by atoms with Crippen molar-refractivity contribution in [2.24, 2.45) is 0 Å². The fraction of sp³-hybridized carbons (Fsp3) is 0.318. The molecule has 0 unspecified atom stereocenters. The minimum absolute atomic E-state index is 0.167. The molecule has 0 spiro atoms. The van der Waals surface area contributed by atoms with E-state index in [1.165, 1.54) is 7.11 Å². The second kappa shape index (κ2) is 9.89. The summed E-state index contributed by atoms with van der Waals surface area (Å²) < 4.78 is 11.9. The summed E-state index contributed by atoms with van der Waals surface area (Å²) >= 11 is 0. The van der Waals surface area contributed by atoms with Crippen molar-refractivity contribution in [3.05, 3.63) is 70.8 Å². The molecule has 8 nitrogen and oxygen atoms in total. The highest BCUT2D eigenvalue weighted by molar-refractivity contribution is 6.00. The number of hydrogen-bond acceptors (Lipinski definition) is 5. The lowest BCUT2D eigenvalue weighted by Gasteiger charge is -2.07. The third-order valence-electron chi connectivity index (χ3n) is 4.79. The summed E-state index contributed by atoms with van der Waals surface area (Å²) in [6.45, 7) is 4.45. The topological polar surface area (TPSA) is 98.2 Å². The summed E-state index contributed by atoms with van der Waals surface area (Å²) in [7, 11) is 1.54. The standard InChI is InChI=1S/C22H26N4O4/c1-15-19(22(28)30-14-13-29-3)16(2)25-20(15)21(27)23-11-9-17-5-7-18(8-6-17)26-12-4-10-24-26/h4-8,10,12,25H,9,11,13-14H2,1-3H3,(H,23,27). The van der Waals surface area contributed by atoms with Crippen molar-refractivity contribution in [2.75, 3.05) is 26.9 Å². The normalized spacial score (nSPS) is 10.8. The van der Waals surface area contributed by atoms with Crippen LogP contribution in [0.4, 0.5) is 0 Å². The predicted octanol–water partition coefficient (Wildman–Crippen LogP) is 2.59. The van der Waals surface area contributed by atoms with Crippen LogP contribution in [0.1, 0.15) is 37.7 Å². The first-order chi connectivity index (χ1) is 14.5. The molecule has 0 aliphatic heterocycles. The van der Waals surface area contributed by atoms with Crippen LogP contribution in [0.5, 0.6) is 0 Å². The zero-order valence-electron chi connectivity index (χ0n) is 17.4. The van der Waals surface area contributed by atoms with Gasteiger partial charge >= 0.3 is 5.97 Å². The van der Waals surface area contributed by atoms with E-state index in [4.69, 9.17) is 9.47 Å². The Morgan fingerprint density at radius 1 is 1.17 bits per heavy atom. The van der Waals surface area contributed by atoms with Gasteiger partial charge in [0.1, 0.15) is 12.3 Å². The molecule has 30 heavy (non-hydrogen) atoms. The number of methoxy groups -OCH3 is 1. The SMILES string of the molecule is COCCOC(=O)c1c(C)[nH]c(C(=O)NCCc2ccc(-n3cccn3)cc2)c1C. The minimum atomic E-state index is -0.463. The maximum absolute atomic E-state index is 12.6. The number of aromatic amines is 1. The first-order valence-corrected chi connectivity index (χ1v) is 9.73. The second-order valence-corrected chi connectivity index (χ2v) is 6.88. The molecule has 0 atom stereocenters. The summed E-state index contributed by atoms with van der Waals surface area (Å²) in [5.41, 5.74) is 4.04. The number of H-pyrrole nitrogens is 1. The van der Waals surface area contributed by atoms with E-state index >= 15 is 0 Å². The first kappa shape index (κ1) is 21.3. The molecule has 0 bridgehead atoms. The second-order valence-electron chi connectivity index (χ2n) is 6.88. The van der Waals surface area contributed by atoms with E-state index in [0.29, 0.717) is 42.1 Å². The van der Waals surface area contributed by atoms with Crippen molar-refractivity contribution in [3.63, 3.8) is 0 Å². The van der Waals surface area contributed by atoms with Gasteiger partial charge < -0.3 is 19.8 Å². The average molecular weight is 410 g/mol. The van der Waals surface area contributed by atoms with Crippen molar-refractivity contribution in [1.82, 2.24) is 20.1 Å². The summed E-state index contributed by atoms with van der Waals surface area (Å²) in [6, 6.07) is 9.88. The Kier molecular flexibility index (Phi) is 7.03. The molecule has 1 amide bonds. The quantitative estimate of drug-likeness (QED) is 0.417. The maximum Gasteiger partial charge on any atom is 0.340 e. The summed E-state index contributed by atoms with van der Waals surface area (Å²) in [4.78, 5) is 27.9. The van der Waals surface area contributed by atoms with Gasteiger partial charge in [-0.05, 0) is 49.6 Å². The minimum Gasteiger partial charge on any atom is -0.460 e. The third kappa shape index (κ3) is 4.96. The molecule has 8 heteroatoms. The van der Waals surface area contributed by atoms with Crippen molar-refractivity contribution in [3.8, 4) is 5.69 Å². The Balaban J connectivity index is 1.56. The van der Waals surface area contributed by atoms with Gasteiger partial charge in [-0.25, -0.2) is 9.48 Å². The largest absolute Gasteiger partial charge is 0.460 e. The number of nitrogens with one attached hydrogen (secondary N) is 2. The van der Waals surface area contributed by atoms with Gasteiger partial charge in [-0.1, -0.05) is 12.1 Å². The van der Waals surface area contributed by atoms with Crippen LogP contribution in [-0.2, 0) is 15.9 Å². The third-order valence-corrected chi connectivity index (χ3v) is 4.79. The van der Waals surface area contributed by atoms with Crippen LogP contribution >= 0.6 is 0 Å². The maximum atomic E-state index is 12.6. The van der Waals surface area contributed by atoms with Crippen molar-refractivity contribution >= 4 is 11.9 Å². The molecular formula is C22H26N4O4. The molecule has 0 saturated carbocycles. The number of hydrogen-bond donors (Lipinski definition) is 2. The van der Waals surface area contributed by atoms with Crippen LogP contribution in [0.25, 0.3) is 5.69 Å². The average Bonchev–Trinajstić information content (AvgIpc) is 3.37. The van der Waals surface area contributed by atoms with Crippen LogP contribution < -0.4 is 5.32 Å². The molecule has 0 saturated heterocycles. The number of carbonyl (C=O) groups excluding carboxylic acids is 2. The lowest BCUT2D eigenvalue weighted by Crippen LogP contribution is -2.26. The Morgan fingerprint density at radius 3 is 2.60 bits per heavy atom. The van der Waals surface area contributed by atoms with Gasteiger partial charge in [-0.3, -0.25) is 4.79 Å². The highest BCUT2D eigenvalue weighted by Crippen LogP contribution is 2.19. The van der Waals surface area contributed by atoms with Gasteiger partial charge in [-0.15, -0.1) is 0 Å². The van der Waals surface area contributed by atoms with Gasteiger partial charge in [-0.2, -0.15) is 5.10 Å². The summed E-state index contributed by atoms with van der Waals surface area (Å²) in [5, 5.41) is 7.10. The summed E-state index contributed by atoms with van der Waals surface area (Å²) in [6.07, 6.45) is 4.31. The number of rotatable bonds is 9. The van der Waals surface area contributed by atoms with Crippen LogP contribution in [0.3, 0.4) is 0 Å². The molecule has 2 heterocycles. The fourth-order valence-electron chi connectivity index (χ4n) is 3.22. The summed E-state index contributed by atoms with van der Waals surface area (Å²) in [5.74, 6) is -0.714. The van der Waals surface area contributed by atoms with Crippen LogP contribution in [0, 0.1) is 13.8 Å². The van der Waals surface area contributed by atoms with Crippen LogP contribution in [0.2, 0.25) is 0 Å². The molecule has 1 aromatic carbocycles. The number of ether oxygens (including phenoxy) is 2. The molecule has 0 radical (unpaired) electrons. The van der Waals surface area contributed by atoms with Gasteiger partial charge in [0.15, 0.2) is 0 Å². The smallest absolute Gasteiger partial charge is 0.340 e. The van der Waals surface area contributed by atoms with Gasteiger partial charge in [0.25, 0.3) is 5.91 Å². The number of nitrogens with zero attached hydrogens (tertiary/aromatic N) is 2. The monoisotopic (exact) mass is 410 g/mol. The highest BCUT2D eigenvalue weighted by atomic mass is 16.6. The van der Waals surface area contributed by atoms with Crippen LogP contribution in [-0.4, -0.2) is 53.5 Å². The van der Waals surface area contributed by atoms with E-state index < -0.39 is 5.97 Å². The number of esters is 1. The lowest BCUT2D eigenvalue weighted by atomic mass is 10.1. The highest BCUT2D eigenvalue weighted by Gasteiger charge is 2.22. The predicted molar refractivity (Wildman–Crippen MR) is 112 cm³/mol. The number of aromatic nitrogens is 3. The number of carbonyl (C=O) groups is 2. The van der Waals surface area contributed by atoms with E-state index in [1.54, 1.807) is 24.7 Å².